The standard InChI is InChI=1S/C14H9ClIN3/c1-8-5-11-12(7-17-8)18-14(19-13(11)15)9-3-2-4-10(16)6-9/h2-7H,1H3. The maximum atomic E-state index is 6.24. The molecule has 0 saturated heterocycles. The van der Waals surface area contributed by atoms with Crippen LogP contribution in [-0.4, -0.2) is 15.0 Å². The summed E-state index contributed by atoms with van der Waals surface area (Å²) in [5.74, 6) is 0.627. The number of pyridine rings is 1. The van der Waals surface area contributed by atoms with Gasteiger partial charge in [0.05, 0.1) is 11.7 Å². The summed E-state index contributed by atoms with van der Waals surface area (Å²) >= 11 is 8.51. The van der Waals surface area contributed by atoms with Crippen LogP contribution in [0.1, 0.15) is 5.69 Å². The van der Waals surface area contributed by atoms with Crippen LogP contribution < -0.4 is 0 Å². The van der Waals surface area contributed by atoms with Crippen LogP contribution >= 0.6 is 34.2 Å². The van der Waals surface area contributed by atoms with Crippen molar-refractivity contribution in [1.82, 2.24) is 15.0 Å². The fourth-order valence-electron chi connectivity index (χ4n) is 1.86. The summed E-state index contributed by atoms with van der Waals surface area (Å²) < 4.78 is 1.14. The maximum absolute atomic E-state index is 6.24. The topological polar surface area (TPSA) is 38.7 Å². The lowest BCUT2D eigenvalue weighted by Crippen LogP contribution is -1.93. The molecule has 0 aliphatic carbocycles. The van der Waals surface area contributed by atoms with Gasteiger partial charge in [-0.05, 0) is 47.7 Å². The minimum absolute atomic E-state index is 0.462. The molecule has 94 valence electrons. The van der Waals surface area contributed by atoms with E-state index in [2.05, 4.69) is 37.5 Å². The highest BCUT2D eigenvalue weighted by Gasteiger charge is 2.08. The third kappa shape index (κ3) is 2.55. The van der Waals surface area contributed by atoms with Crippen molar-refractivity contribution in [2.24, 2.45) is 0 Å². The Morgan fingerprint density at radius 3 is 2.79 bits per heavy atom. The van der Waals surface area contributed by atoms with Crippen LogP contribution in [0.25, 0.3) is 22.3 Å². The predicted octanol–water partition coefficient (Wildman–Crippen LogP) is 4.26. The van der Waals surface area contributed by atoms with Crippen LogP contribution in [0.2, 0.25) is 5.15 Å². The molecule has 0 aliphatic rings. The maximum Gasteiger partial charge on any atom is 0.161 e. The number of halogens is 2. The zero-order valence-electron chi connectivity index (χ0n) is 10.1. The molecule has 0 saturated carbocycles. The predicted molar refractivity (Wildman–Crippen MR) is 85.2 cm³/mol. The number of benzene rings is 1. The first-order valence-corrected chi connectivity index (χ1v) is 7.15. The van der Waals surface area contributed by atoms with Crippen molar-refractivity contribution in [2.45, 2.75) is 6.92 Å². The van der Waals surface area contributed by atoms with Gasteiger partial charge in [-0.2, -0.15) is 0 Å². The summed E-state index contributed by atoms with van der Waals surface area (Å²) in [5, 5.41) is 1.30. The van der Waals surface area contributed by atoms with Crippen LogP contribution in [0.15, 0.2) is 36.5 Å². The zero-order chi connectivity index (χ0) is 13.4. The number of nitrogens with zero attached hydrogens (tertiary/aromatic N) is 3. The first-order chi connectivity index (χ1) is 9.13. The van der Waals surface area contributed by atoms with Crippen molar-refractivity contribution in [3.8, 4) is 11.4 Å². The second-order valence-corrected chi connectivity index (χ2v) is 5.79. The molecule has 3 aromatic rings. The zero-order valence-corrected chi connectivity index (χ0v) is 13.0. The summed E-state index contributed by atoms with van der Waals surface area (Å²) in [5.41, 5.74) is 2.62. The Morgan fingerprint density at radius 2 is 2.00 bits per heavy atom. The SMILES string of the molecule is Cc1cc2c(Cl)nc(-c3cccc(I)c3)nc2cn1. The number of rotatable bonds is 1. The van der Waals surface area contributed by atoms with Crippen LogP contribution in [0.5, 0.6) is 0 Å². The van der Waals surface area contributed by atoms with Crippen molar-refractivity contribution in [3.63, 3.8) is 0 Å². The molecule has 2 heterocycles. The minimum atomic E-state index is 0.462. The van der Waals surface area contributed by atoms with Gasteiger partial charge in [-0.3, -0.25) is 4.98 Å². The lowest BCUT2D eigenvalue weighted by Gasteiger charge is -2.05. The van der Waals surface area contributed by atoms with Gasteiger partial charge in [-0.15, -0.1) is 0 Å². The Labute approximate surface area is 129 Å². The molecule has 0 fully saturated rings. The van der Waals surface area contributed by atoms with Crippen molar-refractivity contribution in [2.75, 3.05) is 0 Å². The number of aromatic nitrogens is 3. The van der Waals surface area contributed by atoms with E-state index < -0.39 is 0 Å². The van der Waals surface area contributed by atoms with Gasteiger partial charge in [0.15, 0.2) is 5.82 Å². The van der Waals surface area contributed by atoms with Crippen LogP contribution in [0.3, 0.4) is 0 Å². The second-order valence-electron chi connectivity index (χ2n) is 4.19. The highest BCUT2D eigenvalue weighted by atomic mass is 127. The number of hydrogen-bond donors (Lipinski definition) is 0. The first-order valence-electron chi connectivity index (χ1n) is 5.69. The quantitative estimate of drug-likeness (QED) is 0.467. The Kier molecular flexibility index (Phi) is 3.36. The fraction of sp³-hybridized carbons (Fsp3) is 0.0714. The number of hydrogen-bond acceptors (Lipinski definition) is 3. The lowest BCUT2D eigenvalue weighted by molar-refractivity contribution is 1.17. The molecule has 5 heteroatoms. The van der Waals surface area contributed by atoms with Gasteiger partial charge in [0.1, 0.15) is 5.15 Å². The largest absolute Gasteiger partial charge is 0.259 e. The van der Waals surface area contributed by atoms with E-state index in [-0.39, 0.29) is 0 Å². The Hall–Kier alpha value is -1.27. The molecule has 3 nitrogen and oxygen atoms in total. The van der Waals surface area contributed by atoms with Crippen molar-refractivity contribution in [3.05, 3.63) is 50.9 Å². The molecule has 0 spiro atoms. The highest BCUT2D eigenvalue weighted by Crippen LogP contribution is 2.25. The molecule has 1 aromatic carbocycles. The molecule has 0 aliphatic heterocycles. The van der Waals surface area contributed by atoms with E-state index in [1.54, 1.807) is 6.20 Å². The van der Waals surface area contributed by atoms with Crippen LogP contribution in [0, 0.1) is 10.5 Å². The molecule has 19 heavy (non-hydrogen) atoms. The Balaban J connectivity index is 2.24. The van der Waals surface area contributed by atoms with E-state index in [1.165, 1.54) is 0 Å². The summed E-state index contributed by atoms with van der Waals surface area (Å²) in [6.07, 6.45) is 1.73. The van der Waals surface area contributed by atoms with Crippen molar-refractivity contribution < 1.29 is 0 Å². The minimum Gasteiger partial charge on any atom is -0.259 e. The highest BCUT2D eigenvalue weighted by molar-refractivity contribution is 14.1. The summed E-state index contributed by atoms with van der Waals surface area (Å²) in [6.45, 7) is 1.92. The van der Waals surface area contributed by atoms with E-state index in [4.69, 9.17) is 11.6 Å². The van der Waals surface area contributed by atoms with Crippen LogP contribution in [-0.2, 0) is 0 Å². The van der Waals surface area contributed by atoms with E-state index in [0.717, 1.165) is 25.7 Å². The average Bonchev–Trinajstić information content (AvgIpc) is 2.39. The van der Waals surface area contributed by atoms with Crippen molar-refractivity contribution >= 4 is 45.1 Å². The van der Waals surface area contributed by atoms with Crippen molar-refractivity contribution in [1.29, 1.82) is 0 Å². The van der Waals surface area contributed by atoms with Gasteiger partial charge in [0, 0.05) is 20.2 Å². The lowest BCUT2D eigenvalue weighted by atomic mass is 10.2. The Morgan fingerprint density at radius 1 is 1.16 bits per heavy atom. The van der Waals surface area contributed by atoms with Crippen LogP contribution in [0.4, 0.5) is 0 Å². The van der Waals surface area contributed by atoms with E-state index in [1.807, 2.05) is 37.3 Å². The third-order valence-electron chi connectivity index (χ3n) is 2.76. The summed E-state index contributed by atoms with van der Waals surface area (Å²) in [6, 6.07) is 9.90. The molecule has 3 rings (SSSR count). The number of fused-ring (bicyclic) bond motifs is 1. The van der Waals surface area contributed by atoms with Gasteiger partial charge in [0.25, 0.3) is 0 Å². The van der Waals surface area contributed by atoms with E-state index in [0.29, 0.717) is 11.0 Å². The summed E-state index contributed by atoms with van der Waals surface area (Å²) in [4.78, 5) is 13.2. The number of aryl methyl sites for hydroxylation is 1. The molecular formula is C14H9ClIN3. The van der Waals surface area contributed by atoms with Gasteiger partial charge in [-0.1, -0.05) is 23.7 Å². The molecule has 0 amide bonds. The van der Waals surface area contributed by atoms with Gasteiger partial charge < -0.3 is 0 Å². The third-order valence-corrected chi connectivity index (χ3v) is 3.71. The molecular weight excluding hydrogens is 373 g/mol. The molecule has 2 aromatic heterocycles. The van der Waals surface area contributed by atoms with E-state index in [9.17, 15) is 0 Å². The molecule has 0 bridgehead atoms. The Bertz CT molecular complexity index is 774. The van der Waals surface area contributed by atoms with Gasteiger partial charge in [0.2, 0.25) is 0 Å². The van der Waals surface area contributed by atoms with Gasteiger partial charge in [-0.25, -0.2) is 9.97 Å². The normalized spacial score (nSPS) is 10.9. The molecule has 0 atom stereocenters. The molecule has 0 N–H and O–H groups in total. The van der Waals surface area contributed by atoms with Gasteiger partial charge >= 0.3 is 0 Å². The first kappa shape index (κ1) is 12.7. The monoisotopic (exact) mass is 381 g/mol. The molecule has 0 radical (unpaired) electrons. The van der Waals surface area contributed by atoms with E-state index >= 15 is 0 Å². The second kappa shape index (κ2) is 5.02. The summed E-state index contributed by atoms with van der Waals surface area (Å²) in [7, 11) is 0. The average molecular weight is 382 g/mol. The molecule has 0 unspecified atom stereocenters. The smallest absolute Gasteiger partial charge is 0.161 e. The fourth-order valence-corrected chi connectivity index (χ4v) is 2.63.